The van der Waals surface area contributed by atoms with Gasteiger partial charge in [0.25, 0.3) is 5.91 Å². The minimum absolute atomic E-state index is 0.0320. The molecule has 114 valence electrons. The van der Waals surface area contributed by atoms with Crippen molar-refractivity contribution >= 4 is 17.3 Å². The second-order valence-corrected chi connectivity index (χ2v) is 5.46. The molecule has 5 nitrogen and oxygen atoms in total. The molecule has 1 amide bonds. The van der Waals surface area contributed by atoms with Crippen molar-refractivity contribution in [1.29, 1.82) is 0 Å². The predicted octanol–water partition coefficient (Wildman–Crippen LogP) is 2.03. The highest BCUT2D eigenvalue weighted by molar-refractivity contribution is 5.97. The van der Waals surface area contributed by atoms with Gasteiger partial charge in [0, 0.05) is 19.7 Å². The first-order chi connectivity index (χ1) is 10.3. The summed E-state index contributed by atoms with van der Waals surface area (Å²) in [5.74, 6) is -0.0320. The summed E-state index contributed by atoms with van der Waals surface area (Å²) in [6, 6.07) is 7.94. The zero-order valence-electron chi connectivity index (χ0n) is 12.2. The summed E-state index contributed by atoms with van der Waals surface area (Å²) in [6.45, 7) is 3.85. The molecule has 5 heteroatoms. The van der Waals surface area contributed by atoms with Gasteiger partial charge >= 0.3 is 0 Å². The average Bonchev–Trinajstić information content (AvgIpc) is 2.57. The van der Waals surface area contributed by atoms with Gasteiger partial charge in [-0.3, -0.25) is 4.79 Å². The number of amides is 1. The van der Waals surface area contributed by atoms with E-state index < -0.39 is 0 Å². The number of carbonyl (C=O) groups is 1. The summed E-state index contributed by atoms with van der Waals surface area (Å²) >= 11 is 0. The molecule has 1 aromatic carbocycles. The van der Waals surface area contributed by atoms with Gasteiger partial charge in [0.05, 0.1) is 24.6 Å². The molecule has 0 bridgehead atoms. The maximum absolute atomic E-state index is 12.3. The summed E-state index contributed by atoms with van der Waals surface area (Å²) in [4.78, 5) is 14.6. The topological polar surface area (TPSA) is 50.8 Å². The van der Waals surface area contributed by atoms with E-state index in [1.165, 1.54) is 0 Å². The third-order valence-corrected chi connectivity index (χ3v) is 3.99. The first-order valence-corrected chi connectivity index (χ1v) is 7.69. The van der Waals surface area contributed by atoms with Crippen molar-refractivity contribution in [1.82, 2.24) is 0 Å². The number of para-hydroxylation sites is 2. The van der Waals surface area contributed by atoms with Gasteiger partial charge < -0.3 is 19.7 Å². The van der Waals surface area contributed by atoms with Crippen LogP contribution in [0.25, 0.3) is 0 Å². The highest BCUT2D eigenvalue weighted by Gasteiger charge is 2.23. The minimum atomic E-state index is -0.309. The van der Waals surface area contributed by atoms with Gasteiger partial charge in [0.1, 0.15) is 6.10 Å². The van der Waals surface area contributed by atoms with Crippen LogP contribution in [0.3, 0.4) is 0 Å². The van der Waals surface area contributed by atoms with Crippen LogP contribution < -0.4 is 10.2 Å². The standard InChI is InChI=1S/C16H22N2O3/c19-16(15-7-3-4-10-21-15)17-13-5-1-2-6-14(13)18-8-11-20-12-9-18/h1-2,5-6,15H,3-4,7-12H2,(H,17,19). The zero-order chi connectivity index (χ0) is 14.5. The second-order valence-electron chi connectivity index (χ2n) is 5.46. The molecule has 0 aromatic heterocycles. The van der Waals surface area contributed by atoms with E-state index in [1.807, 2.05) is 24.3 Å². The SMILES string of the molecule is O=C(Nc1ccccc1N1CCOCC1)C1CCCCO1. The van der Waals surface area contributed by atoms with Gasteiger partial charge in [-0.15, -0.1) is 0 Å². The molecule has 1 N–H and O–H groups in total. The van der Waals surface area contributed by atoms with E-state index in [9.17, 15) is 4.79 Å². The lowest BCUT2D eigenvalue weighted by Crippen LogP contribution is -2.37. The van der Waals surface area contributed by atoms with Gasteiger partial charge in [0.2, 0.25) is 0 Å². The minimum Gasteiger partial charge on any atom is -0.378 e. The van der Waals surface area contributed by atoms with E-state index in [1.54, 1.807) is 0 Å². The Morgan fingerprint density at radius 3 is 2.71 bits per heavy atom. The molecule has 1 unspecified atom stereocenters. The van der Waals surface area contributed by atoms with Crippen molar-refractivity contribution in [3.8, 4) is 0 Å². The highest BCUT2D eigenvalue weighted by Crippen LogP contribution is 2.27. The molecule has 0 saturated carbocycles. The van der Waals surface area contributed by atoms with Crippen molar-refractivity contribution in [2.24, 2.45) is 0 Å². The number of hydrogen-bond acceptors (Lipinski definition) is 4. The number of nitrogens with zero attached hydrogens (tertiary/aromatic N) is 1. The van der Waals surface area contributed by atoms with E-state index in [-0.39, 0.29) is 12.0 Å². The van der Waals surface area contributed by atoms with Gasteiger partial charge in [-0.05, 0) is 31.4 Å². The average molecular weight is 290 g/mol. The number of anilines is 2. The summed E-state index contributed by atoms with van der Waals surface area (Å²) in [7, 11) is 0. The lowest BCUT2D eigenvalue weighted by molar-refractivity contribution is -0.129. The number of benzene rings is 1. The maximum Gasteiger partial charge on any atom is 0.253 e. The molecular weight excluding hydrogens is 268 g/mol. The first-order valence-electron chi connectivity index (χ1n) is 7.69. The Balaban J connectivity index is 1.70. The molecule has 0 aliphatic carbocycles. The number of hydrogen-bond donors (Lipinski definition) is 1. The third kappa shape index (κ3) is 3.54. The van der Waals surface area contributed by atoms with Gasteiger partial charge in [-0.25, -0.2) is 0 Å². The third-order valence-electron chi connectivity index (χ3n) is 3.99. The van der Waals surface area contributed by atoms with Crippen LogP contribution in [-0.4, -0.2) is 44.9 Å². The normalized spacial score (nSPS) is 22.9. The number of morpholine rings is 1. The van der Waals surface area contributed by atoms with Crippen LogP contribution in [0.4, 0.5) is 11.4 Å². The Kier molecular flexibility index (Phi) is 4.72. The molecule has 0 radical (unpaired) electrons. The fourth-order valence-corrected chi connectivity index (χ4v) is 2.82. The molecule has 1 atom stereocenters. The van der Waals surface area contributed by atoms with E-state index in [0.717, 1.165) is 56.9 Å². The predicted molar refractivity (Wildman–Crippen MR) is 81.7 cm³/mol. The molecule has 2 heterocycles. The van der Waals surface area contributed by atoms with Crippen molar-refractivity contribution in [3.63, 3.8) is 0 Å². The summed E-state index contributed by atoms with van der Waals surface area (Å²) < 4.78 is 10.9. The Morgan fingerprint density at radius 1 is 1.14 bits per heavy atom. The quantitative estimate of drug-likeness (QED) is 0.925. The number of ether oxygens (including phenoxy) is 2. The number of nitrogens with one attached hydrogen (secondary N) is 1. The lowest BCUT2D eigenvalue weighted by Gasteiger charge is -2.31. The maximum atomic E-state index is 12.3. The van der Waals surface area contributed by atoms with E-state index in [0.29, 0.717) is 6.61 Å². The number of rotatable bonds is 3. The molecular formula is C16H22N2O3. The van der Waals surface area contributed by atoms with Crippen LogP contribution in [0.15, 0.2) is 24.3 Å². The molecule has 2 fully saturated rings. The molecule has 21 heavy (non-hydrogen) atoms. The molecule has 1 aromatic rings. The summed E-state index contributed by atoms with van der Waals surface area (Å²) in [5.41, 5.74) is 1.92. The smallest absolute Gasteiger partial charge is 0.253 e. The monoisotopic (exact) mass is 290 g/mol. The van der Waals surface area contributed by atoms with E-state index in [2.05, 4.69) is 10.2 Å². The van der Waals surface area contributed by atoms with E-state index >= 15 is 0 Å². The lowest BCUT2D eigenvalue weighted by atomic mass is 10.1. The van der Waals surface area contributed by atoms with Crippen molar-refractivity contribution < 1.29 is 14.3 Å². The Hall–Kier alpha value is -1.59. The van der Waals surface area contributed by atoms with Crippen molar-refractivity contribution in [2.45, 2.75) is 25.4 Å². The van der Waals surface area contributed by atoms with Crippen LogP contribution in [0.2, 0.25) is 0 Å². The van der Waals surface area contributed by atoms with Crippen LogP contribution in [0.5, 0.6) is 0 Å². The highest BCUT2D eigenvalue weighted by atomic mass is 16.5. The molecule has 2 saturated heterocycles. The van der Waals surface area contributed by atoms with Crippen LogP contribution in [0, 0.1) is 0 Å². The van der Waals surface area contributed by atoms with Gasteiger partial charge in [0.15, 0.2) is 0 Å². The van der Waals surface area contributed by atoms with Gasteiger partial charge in [-0.1, -0.05) is 12.1 Å². The summed E-state index contributed by atoms with van der Waals surface area (Å²) in [6.07, 6.45) is 2.61. The number of carbonyl (C=O) groups excluding carboxylic acids is 1. The molecule has 2 aliphatic heterocycles. The van der Waals surface area contributed by atoms with Gasteiger partial charge in [-0.2, -0.15) is 0 Å². The molecule has 0 spiro atoms. The Bertz CT molecular complexity index is 480. The molecule has 2 aliphatic rings. The molecule has 3 rings (SSSR count). The second kappa shape index (κ2) is 6.91. The summed E-state index contributed by atoms with van der Waals surface area (Å²) in [5, 5.41) is 3.03. The largest absolute Gasteiger partial charge is 0.378 e. The fourth-order valence-electron chi connectivity index (χ4n) is 2.82. The van der Waals surface area contributed by atoms with Crippen LogP contribution >= 0.6 is 0 Å². The van der Waals surface area contributed by atoms with Crippen LogP contribution in [-0.2, 0) is 14.3 Å². The van der Waals surface area contributed by atoms with E-state index in [4.69, 9.17) is 9.47 Å². The Labute approximate surface area is 125 Å². The first kappa shape index (κ1) is 14.4. The Morgan fingerprint density at radius 2 is 1.95 bits per heavy atom. The zero-order valence-corrected chi connectivity index (χ0v) is 12.2. The van der Waals surface area contributed by atoms with Crippen molar-refractivity contribution in [3.05, 3.63) is 24.3 Å². The van der Waals surface area contributed by atoms with Crippen LogP contribution in [0.1, 0.15) is 19.3 Å². The fraction of sp³-hybridized carbons (Fsp3) is 0.562. The van der Waals surface area contributed by atoms with Crippen molar-refractivity contribution in [2.75, 3.05) is 43.1 Å².